The first-order chi connectivity index (χ1) is 2.56. The predicted molar refractivity (Wildman–Crippen MR) is 30.6 cm³/mol. The van der Waals surface area contributed by atoms with Gasteiger partial charge in [-0.1, -0.05) is 6.92 Å². The highest BCUT2D eigenvalue weighted by atomic mass is 31.0. The van der Waals surface area contributed by atoms with Gasteiger partial charge in [0, 0.05) is 0 Å². The molecule has 6 heavy (non-hydrogen) atoms. The summed E-state index contributed by atoms with van der Waals surface area (Å²) in [7, 11) is 2.35. The highest BCUT2D eigenvalue weighted by Crippen LogP contribution is 2.15. The molecule has 1 N–H and O–H groups in total. The molecule has 0 fully saturated rings. The largest absolute Gasteiger partial charge is 0.386 e. The smallest absolute Gasteiger partial charge is 0.0748 e. The molecule has 2 unspecified atom stereocenters. The molecule has 0 bridgehead atoms. The van der Waals surface area contributed by atoms with Gasteiger partial charge in [-0.2, -0.15) is 0 Å². The van der Waals surface area contributed by atoms with Crippen molar-refractivity contribution in [2.24, 2.45) is 0 Å². The van der Waals surface area contributed by atoms with E-state index >= 15 is 0 Å². The monoisotopic (exact) mass is 106 g/mol. The van der Waals surface area contributed by atoms with Crippen LogP contribution in [-0.2, 0) is 0 Å². The fourth-order valence-corrected chi connectivity index (χ4v) is 0. The van der Waals surface area contributed by atoms with Crippen LogP contribution in [0.1, 0.15) is 20.3 Å². The summed E-state index contributed by atoms with van der Waals surface area (Å²) < 4.78 is 0. The second-order valence-electron chi connectivity index (χ2n) is 1.71. The summed E-state index contributed by atoms with van der Waals surface area (Å²) in [6, 6.07) is 0. The maximum Gasteiger partial charge on any atom is 0.0748 e. The Morgan fingerprint density at radius 2 is 2.00 bits per heavy atom. The first-order valence-electron chi connectivity index (χ1n) is 2.07. The number of hydrogen-bond acceptors (Lipinski definition) is 1. The second kappa shape index (κ2) is 1.90. The molecule has 0 radical (unpaired) electrons. The van der Waals surface area contributed by atoms with Gasteiger partial charge in [-0.15, -0.1) is 9.24 Å². The normalized spacial score (nSPS) is 20.0. The summed E-state index contributed by atoms with van der Waals surface area (Å²) in [4.78, 5) is 0. The molecule has 1 nitrogen and oxygen atoms in total. The molecule has 0 amide bonds. The van der Waals surface area contributed by atoms with Gasteiger partial charge in [0.25, 0.3) is 0 Å². The first kappa shape index (κ1) is 6.39. The van der Waals surface area contributed by atoms with Crippen LogP contribution >= 0.6 is 9.24 Å². The molecule has 0 rings (SSSR count). The minimum absolute atomic E-state index is 0.542. The van der Waals surface area contributed by atoms with Gasteiger partial charge >= 0.3 is 0 Å². The molecule has 0 saturated heterocycles. The number of hydrogen-bond donors (Lipinski definition) is 1. The minimum atomic E-state index is -0.542. The maximum absolute atomic E-state index is 8.79. The summed E-state index contributed by atoms with van der Waals surface area (Å²) in [6.07, 6.45) is 0.789. The molecule has 0 aliphatic rings. The van der Waals surface area contributed by atoms with E-state index in [4.69, 9.17) is 5.11 Å². The van der Waals surface area contributed by atoms with Crippen LogP contribution in [0.15, 0.2) is 0 Å². The molecule has 0 saturated carbocycles. The highest BCUT2D eigenvalue weighted by Gasteiger charge is 2.05. The highest BCUT2D eigenvalue weighted by molar-refractivity contribution is 7.18. The van der Waals surface area contributed by atoms with Crippen molar-refractivity contribution in [3.8, 4) is 0 Å². The molecule has 38 valence electrons. The second-order valence-corrected chi connectivity index (χ2v) is 2.95. The first-order valence-corrected chi connectivity index (χ1v) is 2.65. The van der Waals surface area contributed by atoms with E-state index in [-0.39, 0.29) is 0 Å². The average Bonchev–Trinajstić information content (AvgIpc) is 1.35. The Kier molecular flexibility index (Phi) is 2.03. The van der Waals surface area contributed by atoms with Crippen LogP contribution in [-0.4, -0.2) is 10.4 Å². The predicted octanol–water partition coefficient (Wildman–Crippen LogP) is 0.980. The van der Waals surface area contributed by atoms with Gasteiger partial charge in [-0.05, 0) is 13.3 Å². The van der Waals surface area contributed by atoms with Crippen LogP contribution in [0.4, 0.5) is 0 Å². The Labute approximate surface area is 41.0 Å². The van der Waals surface area contributed by atoms with Crippen molar-refractivity contribution in [3.05, 3.63) is 0 Å². The Bertz CT molecular complexity index is 37.3. The fraction of sp³-hybridized carbons (Fsp3) is 1.00. The lowest BCUT2D eigenvalue weighted by molar-refractivity contribution is 0.152. The van der Waals surface area contributed by atoms with E-state index in [1.54, 1.807) is 6.92 Å². The molecular weight excluding hydrogens is 95.0 g/mol. The minimum Gasteiger partial charge on any atom is -0.386 e. The topological polar surface area (TPSA) is 20.2 Å². The van der Waals surface area contributed by atoms with Crippen molar-refractivity contribution in [1.29, 1.82) is 0 Å². The van der Waals surface area contributed by atoms with Gasteiger partial charge in [0.1, 0.15) is 0 Å². The van der Waals surface area contributed by atoms with Gasteiger partial charge in [0.15, 0.2) is 0 Å². The lowest BCUT2D eigenvalue weighted by Crippen LogP contribution is -2.10. The van der Waals surface area contributed by atoms with Crippen LogP contribution < -0.4 is 0 Å². The van der Waals surface area contributed by atoms with Crippen LogP contribution in [0.25, 0.3) is 0 Å². The standard InChI is InChI=1S/C4H11OP/c1-3-4(2,5)6/h5H,3,6H2,1-2H3. The van der Waals surface area contributed by atoms with Crippen molar-refractivity contribution >= 4 is 9.24 Å². The van der Waals surface area contributed by atoms with E-state index in [2.05, 4.69) is 9.24 Å². The van der Waals surface area contributed by atoms with Crippen LogP contribution in [0.2, 0.25) is 0 Å². The summed E-state index contributed by atoms with van der Waals surface area (Å²) in [5.41, 5.74) is 0. The SMILES string of the molecule is CCC(C)(O)P. The summed E-state index contributed by atoms with van der Waals surface area (Å²) in [5, 5.41) is 8.25. The van der Waals surface area contributed by atoms with Crippen molar-refractivity contribution < 1.29 is 5.11 Å². The third kappa shape index (κ3) is 4.39. The Hall–Kier alpha value is 0.390. The fourth-order valence-electron chi connectivity index (χ4n) is 0. The zero-order valence-electron chi connectivity index (χ0n) is 4.23. The van der Waals surface area contributed by atoms with E-state index in [0.717, 1.165) is 6.42 Å². The van der Waals surface area contributed by atoms with Gasteiger partial charge in [0.05, 0.1) is 5.34 Å². The molecule has 0 spiro atoms. The van der Waals surface area contributed by atoms with Gasteiger partial charge in [-0.25, -0.2) is 0 Å². The molecule has 0 heterocycles. The van der Waals surface area contributed by atoms with Gasteiger partial charge in [-0.3, -0.25) is 0 Å². The van der Waals surface area contributed by atoms with Crippen molar-refractivity contribution in [3.63, 3.8) is 0 Å². The average molecular weight is 106 g/mol. The lowest BCUT2D eigenvalue weighted by Gasteiger charge is -2.11. The molecule has 0 aliphatic carbocycles. The molecule has 0 aliphatic heterocycles. The van der Waals surface area contributed by atoms with Crippen molar-refractivity contribution in [2.75, 3.05) is 0 Å². The van der Waals surface area contributed by atoms with Gasteiger partial charge in [0.2, 0.25) is 0 Å². The zero-order chi connectivity index (χ0) is 5.21. The summed E-state index contributed by atoms with van der Waals surface area (Å²) in [6.45, 7) is 3.70. The van der Waals surface area contributed by atoms with Crippen LogP contribution in [0, 0.1) is 0 Å². The number of rotatable bonds is 1. The molecule has 0 aromatic heterocycles. The van der Waals surface area contributed by atoms with Crippen LogP contribution in [0.3, 0.4) is 0 Å². The Morgan fingerprint density at radius 3 is 2.00 bits per heavy atom. The van der Waals surface area contributed by atoms with E-state index in [0.29, 0.717) is 0 Å². The quantitative estimate of drug-likeness (QED) is 0.494. The number of aliphatic hydroxyl groups is 1. The Morgan fingerprint density at radius 1 is 1.83 bits per heavy atom. The molecule has 0 aromatic rings. The van der Waals surface area contributed by atoms with E-state index in [1.807, 2.05) is 6.92 Å². The van der Waals surface area contributed by atoms with Crippen LogP contribution in [0.5, 0.6) is 0 Å². The van der Waals surface area contributed by atoms with Crippen molar-refractivity contribution in [2.45, 2.75) is 25.6 Å². The van der Waals surface area contributed by atoms with Gasteiger partial charge < -0.3 is 5.11 Å². The molecule has 2 atom stereocenters. The Balaban J connectivity index is 3.17. The maximum atomic E-state index is 8.79. The molecular formula is C4H11OP. The summed E-state index contributed by atoms with van der Waals surface area (Å²) >= 11 is 0. The van der Waals surface area contributed by atoms with E-state index < -0.39 is 5.34 Å². The van der Waals surface area contributed by atoms with Crippen molar-refractivity contribution in [1.82, 2.24) is 0 Å². The van der Waals surface area contributed by atoms with E-state index in [1.165, 1.54) is 0 Å². The third-order valence-corrected chi connectivity index (χ3v) is 1.12. The molecule has 2 heteroatoms. The zero-order valence-corrected chi connectivity index (χ0v) is 5.39. The third-order valence-electron chi connectivity index (χ3n) is 0.716. The van der Waals surface area contributed by atoms with E-state index in [9.17, 15) is 0 Å². The lowest BCUT2D eigenvalue weighted by atomic mass is 10.3. The molecule has 0 aromatic carbocycles. The summed E-state index contributed by atoms with van der Waals surface area (Å²) in [5.74, 6) is 0.